The minimum Gasteiger partial charge on any atom is -0.288 e. The van der Waals surface area contributed by atoms with Crippen LogP contribution in [0.5, 0.6) is 0 Å². The summed E-state index contributed by atoms with van der Waals surface area (Å²) in [6.45, 7) is 1.90. The van der Waals surface area contributed by atoms with E-state index in [4.69, 9.17) is 0 Å². The zero-order valence-electron chi connectivity index (χ0n) is 11.0. The molecule has 2 rings (SSSR count). The van der Waals surface area contributed by atoms with Crippen molar-refractivity contribution in [3.8, 4) is 0 Å². The number of benzene rings is 1. The quantitative estimate of drug-likeness (QED) is 0.621. The summed E-state index contributed by atoms with van der Waals surface area (Å²) >= 11 is 2.89. The number of rotatable bonds is 3. The molecule has 1 aromatic carbocycles. The van der Waals surface area contributed by atoms with Crippen LogP contribution in [0.15, 0.2) is 34.1 Å². The van der Waals surface area contributed by atoms with Gasteiger partial charge in [0.15, 0.2) is 11.6 Å². The summed E-state index contributed by atoms with van der Waals surface area (Å²) in [6, 6.07) is 5.42. The number of fused-ring (bicyclic) bond motifs is 1. The van der Waals surface area contributed by atoms with Crippen molar-refractivity contribution in [1.82, 2.24) is 0 Å². The Hall–Kier alpha value is -1.26. The summed E-state index contributed by atoms with van der Waals surface area (Å²) in [6.07, 6.45) is 7.51. The number of allylic oxidation sites excluding steroid dienone is 2. The Bertz CT molecular complexity index is 607. The highest BCUT2D eigenvalue weighted by atomic mass is 32.2. The Morgan fingerprint density at radius 3 is 2.37 bits per heavy atom. The minimum atomic E-state index is -0.148. The van der Waals surface area contributed by atoms with Crippen LogP contribution in [-0.4, -0.2) is 24.1 Å². The smallest absolute Gasteiger partial charge is 0.200 e. The predicted octanol–water partition coefficient (Wildman–Crippen LogP) is 4.04. The zero-order valence-corrected chi connectivity index (χ0v) is 12.7. The predicted molar refractivity (Wildman–Crippen MR) is 83.9 cm³/mol. The van der Waals surface area contributed by atoms with Gasteiger partial charge in [-0.1, -0.05) is 30.4 Å². The van der Waals surface area contributed by atoms with E-state index in [0.717, 1.165) is 9.80 Å². The number of hydrogen-bond donors (Lipinski definition) is 0. The topological polar surface area (TPSA) is 34.1 Å². The summed E-state index contributed by atoms with van der Waals surface area (Å²) in [4.78, 5) is 24.9. The van der Waals surface area contributed by atoms with Crippen LogP contribution in [0.3, 0.4) is 0 Å². The summed E-state index contributed by atoms with van der Waals surface area (Å²) in [5.74, 6) is -0.294. The van der Waals surface area contributed by atoms with Crippen LogP contribution in [0.4, 0.5) is 0 Å². The van der Waals surface area contributed by atoms with Gasteiger partial charge in [-0.05, 0) is 25.0 Å². The molecule has 0 N–H and O–H groups in total. The van der Waals surface area contributed by atoms with Crippen LogP contribution < -0.4 is 0 Å². The maximum atomic E-state index is 12.5. The lowest BCUT2D eigenvalue weighted by Crippen LogP contribution is -2.03. The van der Waals surface area contributed by atoms with E-state index in [1.165, 1.54) is 23.5 Å². The molecule has 4 heteroatoms. The third kappa shape index (κ3) is 2.30. The van der Waals surface area contributed by atoms with Crippen molar-refractivity contribution < 1.29 is 9.59 Å². The second kappa shape index (κ2) is 5.80. The average Bonchev–Trinajstić information content (AvgIpc) is 2.67. The lowest BCUT2D eigenvalue weighted by molar-refractivity contribution is 0.0989. The summed E-state index contributed by atoms with van der Waals surface area (Å²) < 4.78 is 0.789. The molecule has 0 atom stereocenters. The van der Waals surface area contributed by atoms with Crippen molar-refractivity contribution in [1.29, 1.82) is 0 Å². The lowest BCUT2D eigenvalue weighted by atomic mass is 10.0. The Morgan fingerprint density at radius 2 is 1.79 bits per heavy atom. The highest BCUT2D eigenvalue weighted by Gasteiger charge is 2.36. The van der Waals surface area contributed by atoms with Crippen molar-refractivity contribution in [2.45, 2.75) is 6.92 Å². The number of carbonyl (C=O) groups is 2. The molecule has 0 saturated carbocycles. The second-order valence-corrected chi connectivity index (χ2v) is 5.89. The van der Waals surface area contributed by atoms with Gasteiger partial charge in [0.1, 0.15) is 0 Å². The van der Waals surface area contributed by atoms with Gasteiger partial charge in [-0.3, -0.25) is 9.59 Å². The number of thioether (sulfide) groups is 2. The molecule has 0 unspecified atom stereocenters. The first-order valence-corrected chi connectivity index (χ1v) is 8.28. The molecule has 98 valence electrons. The Labute approximate surface area is 121 Å². The minimum absolute atomic E-state index is 0.146. The molecule has 0 aliphatic heterocycles. The molecule has 0 fully saturated rings. The molecule has 0 aromatic heterocycles. The molecule has 0 spiro atoms. The summed E-state index contributed by atoms with van der Waals surface area (Å²) in [5.41, 5.74) is 2.21. The van der Waals surface area contributed by atoms with E-state index in [2.05, 4.69) is 0 Å². The zero-order chi connectivity index (χ0) is 14.0. The van der Waals surface area contributed by atoms with Gasteiger partial charge in [0.25, 0.3) is 0 Å². The van der Waals surface area contributed by atoms with Gasteiger partial charge in [0, 0.05) is 11.1 Å². The molecule has 0 saturated heterocycles. The molecule has 2 nitrogen and oxygen atoms in total. The van der Waals surface area contributed by atoms with Gasteiger partial charge in [0.2, 0.25) is 0 Å². The van der Waals surface area contributed by atoms with Gasteiger partial charge in [-0.25, -0.2) is 0 Å². The van der Waals surface area contributed by atoms with Crippen LogP contribution in [0, 0.1) is 0 Å². The van der Waals surface area contributed by atoms with E-state index >= 15 is 0 Å². The van der Waals surface area contributed by atoms with Crippen molar-refractivity contribution in [3.05, 3.63) is 50.8 Å². The number of Topliss-reactive ketones (excluding diaryl/α,β-unsaturated/α-hetero) is 2. The highest BCUT2D eigenvalue weighted by Crippen LogP contribution is 2.37. The lowest BCUT2D eigenvalue weighted by Gasteiger charge is -2.02. The Morgan fingerprint density at radius 1 is 1.11 bits per heavy atom. The van der Waals surface area contributed by atoms with Crippen LogP contribution in [0.2, 0.25) is 0 Å². The molecule has 0 heterocycles. The molecule has 0 radical (unpaired) electrons. The van der Waals surface area contributed by atoms with Gasteiger partial charge in [0.05, 0.1) is 9.81 Å². The molecule has 1 aliphatic carbocycles. The Balaban J connectivity index is 2.69. The third-order valence-electron chi connectivity index (χ3n) is 2.94. The van der Waals surface area contributed by atoms with E-state index in [1.54, 1.807) is 6.07 Å². The average molecular weight is 290 g/mol. The fourth-order valence-corrected chi connectivity index (χ4v) is 3.61. The number of carbonyl (C=O) groups excluding carboxylic acids is 2. The van der Waals surface area contributed by atoms with Crippen LogP contribution in [-0.2, 0) is 0 Å². The fourth-order valence-electron chi connectivity index (χ4n) is 2.17. The van der Waals surface area contributed by atoms with Crippen molar-refractivity contribution in [2.24, 2.45) is 0 Å². The molecule has 1 aromatic rings. The standard InChI is InChI=1S/C15H14O2S2/c1-4-6-9-7-5-8-10-11(9)14(17)12(13(10)16)15(18-2)19-3/h4-8H,1-3H3/b6-4-. The van der Waals surface area contributed by atoms with E-state index < -0.39 is 0 Å². The second-order valence-electron chi connectivity index (χ2n) is 4.00. The van der Waals surface area contributed by atoms with Crippen LogP contribution in [0.25, 0.3) is 6.08 Å². The summed E-state index contributed by atoms with van der Waals surface area (Å²) in [5, 5.41) is 0. The SMILES string of the molecule is C/C=C\c1cccc2c1C(=O)C(=C(SC)SC)C2=O. The first-order valence-electron chi connectivity index (χ1n) is 5.83. The molecular weight excluding hydrogens is 276 g/mol. The Kier molecular flexibility index (Phi) is 4.32. The highest BCUT2D eigenvalue weighted by molar-refractivity contribution is 8.21. The van der Waals surface area contributed by atoms with Gasteiger partial charge < -0.3 is 0 Å². The fraction of sp³-hybridized carbons (Fsp3) is 0.200. The molecule has 1 aliphatic rings. The molecule has 19 heavy (non-hydrogen) atoms. The normalized spacial score (nSPS) is 14.4. The van der Waals surface area contributed by atoms with Crippen molar-refractivity contribution in [3.63, 3.8) is 0 Å². The monoisotopic (exact) mass is 290 g/mol. The van der Waals surface area contributed by atoms with Gasteiger partial charge >= 0.3 is 0 Å². The van der Waals surface area contributed by atoms with E-state index in [1.807, 2.05) is 43.7 Å². The van der Waals surface area contributed by atoms with E-state index in [9.17, 15) is 9.59 Å². The maximum Gasteiger partial charge on any atom is 0.200 e. The molecule has 0 bridgehead atoms. The third-order valence-corrected chi connectivity index (χ3v) is 5.09. The van der Waals surface area contributed by atoms with Crippen molar-refractivity contribution >= 4 is 41.2 Å². The first kappa shape index (κ1) is 14.2. The van der Waals surface area contributed by atoms with Gasteiger partial charge in [-0.2, -0.15) is 0 Å². The maximum absolute atomic E-state index is 12.5. The van der Waals surface area contributed by atoms with E-state index in [-0.39, 0.29) is 11.6 Å². The van der Waals surface area contributed by atoms with Crippen LogP contribution >= 0.6 is 23.5 Å². The number of hydrogen-bond acceptors (Lipinski definition) is 4. The van der Waals surface area contributed by atoms with Gasteiger partial charge in [-0.15, -0.1) is 23.5 Å². The molecule has 0 amide bonds. The number of ketones is 2. The largest absolute Gasteiger partial charge is 0.288 e. The molecular formula is C15H14O2S2. The van der Waals surface area contributed by atoms with Crippen LogP contribution in [0.1, 0.15) is 33.2 Å². The first-order chi connectivity index (χ1) is 9.15. The summed E-state index contributed by atoms with van der Waals surface area (Å²) in [7, 11) is 0. The van der Waals surface area contributed by atoms with E-state index in [0.29, 0.717) is 16.7 Å². The van der Waals surface area contributed by atoms with Crippen molar-refractivity contribution in [2.75, 3.05) is 12.5 Å².